The van der Waals surface area contributed by atoms with Gasteiger partial charge < -0.3 is 5.32 Å². The van der Waals surface area contributed by atoms with E-state index in [0.717, 1.165) is 16.8 Å². The zero-order valence-corrected chi connectivity index (χ0v) is 11.5. The Morgan fingerprint density at radius 1 is 1.47 bits per heavy atom. The summed E-state index contributed by atoms with van der Waals surface area (Å²) in [4.78, 5) is 4.32. The molecule has 1 atom stereocenters. The molecule has 0 spiro atoms. The monoisotopic (exact) mass is 294 g/mol. The largest absolute Gasteiger partial charge is 0.365 e. The van der Waals surface area contributed by atoms with Gasteiger partial charge in [-0.3, -0.25) is 4.68 Å². The molecule has 0 fully saturated rings. The van der Waals surface area contributed by atoms with Crippen molar-refractivity contribution in [2.24, 2.45) is 0 Å². The van der Waals surface area contributed by atoms with E-state index in [1.807, 2.05) is 29.2 Å². The highest BCUT2D eigenvalue weighted by Gasteiger charge is 2.08. The van der Waals surface area contributed by atoms with Gasteiger partial charge in [0.05, 0.1) is 11.0 Å². The Hall–Kier alpha value is -1.36. The van der Waals surface area contributed by atoms with Crippen LogP contribution in [0.4, 0.5) is 5.82 Å². The number of rotatable bonds is 4. The molecule has 0 saturated carbocycles. The summed E-state index contributed by atoms with van der Waals surface area (Å²) in [5.74, 6) is 0.879. The van der Waals surface area contributed by atoms with Crippen LogP contribution in [0.25, 0.3) is 0 Å². The minimum atomic E-state index is 0.264. The molecule has 90 valence electrons. The van der Waals surface area contributed by atoms with Crippen LogP contribution in [0.3, 0.4) is 0 Å². The smallest absolute Gasteiger partial charge is 0.140 e. The number of nitrogens with zero attached hydrogens (tertiary/aromatic N) is 3. The molecule has 2 aromatic rings. The fraction of sp³-hybridized carbons (Fsp3) is 0.333. The summed E-state index contributed by atoms with van der Waals surface area (Å²) in [5, 5.41) is 7.55. The molecule has 1 unspecified atom stereocenters. The number of hydrogen-bond acceptors (Lipinski definition) is 3. The summed E-state index contributed by atoms with van der Waals surface area (Å²) in [5.41, 5.74) is 1.17. The quantitative estimate of drug-likeness (QED) is 0.943. The Balaban J connectivity index is 2.03. The van der Waals surface area contributed by atoms with E-state index in [-0.39, 0.29) is 6.04 Å². The van der Waals surface area contributed by atoms with Crippen molar-refractivity contribution in [1.82, 2.24) is 14.8 Å². The molecule has 2 aromatic heterocycles. The Kier molecular flexibility index (Phi) is 3.78. The average molecular weight is 295 g/mol. The molecule has 4 nitrogen and oxygen atoms in total. The first kappa shape index (κ1) is 12.1. The van der Waals surface area contributed by atoms with Gasteiger partial charge in [0, 0.05) is 24.6 Å². The van der Waals surface area contributed by atoms with Gasteiger partial charge in [-0.1, -0.05) is 0 Å². The Morgan fingerprint density at radius 3 is 3.00 bits per heavy atom. The van der Waals surface area contributed by atoms with Crippen molar-refractivity contribution in [2.45, 2.75) is 26.4 Å². The summed E-state index contributed by atoms with van der Waals surface area (Å²) < 4.78 is 2.92. The highest BCUT2D eigenvalue weighted by Crippen LogP contribution is 2.23. The summed E-state index contributed by atoms with van der Waals surface area (Å²) >= 11 is 3.54. The van der Waals surface area contributed by atoms with E-state index in [9.17, 15) is 0 Å². The van der Waals surface area contributed by atoms with Gasteiger partial charge in [-0.25, -0.2) is 4.98 Å². The maximum atomic E-state index is 4.32. The lowest BCUT2D eigenvalue weighted by Crippen LogP contribution is -2.23. The van der Waals surface area contributed by atoms with Crippen LogP contribution in [0.1, 0.15) is 12.5 Å². The maximum Gasteiger partial charge on any atom is 0.140 e. The molecule has 0 aromatic carbocycles. The second kappa shape index (κ2) is 5.31. The lowest BCUT2D eigenvalue weighted by Gasteiger charge is -2.16. The van der Waals surface area contributed by atoms with Crippen LogP contribution in [0.5, 0.6) is 0 Å². The van der Waals surface area contributed by atoms with E-state index < -0.39 is 0 Å². The highest BCUT2D eigenvalue weighted by atomic mass is 79.9. The minimum absolute atomic E-state index is 0.264. The number of aromatic nitrogens is 3. The van der Waals surface area contributed by atoms with E-state index >= 15 is 0 Å². The Labute approximate surface area is 109 Å². The van der Waals surface area contributed by atoms with Crippen molar-refractivity contribution in [3.05, 3.63) is 40.8 Å². The normalized spacial score (nSPS) is 12.4. The molecular weight excluding hydrogens is 280 g/mol. The number of aryl methyl sites for hydroxylation is 1. The molecule has 0 aliphatic rings. The van der Waals surface area contributed by atoms with E-state index in [4.69, 9.17) is 0 Å². The summed E-state index contributed by atoms with van der Waals surface area (Å²) in [6.45, 7) is 4.97. The van der Waals surface area contributed by atoms with Crippen molar-refractivity contribution < 1.29 is 0 Å². The zero-order chi connectivity index (χ0) is 12.3. The minimum Gasteiger partial charge on any atom is -0.365 e. The molecule has 0 radical (unpaired) electrons. The molecule has 0 aliphatic heterocycles. The van der Waals surface area contributed by atoms with Gasteiger partial charge in [-0.2, -0.15) is 5.10 Å². The topological polar surface area (TPSA) is 42.7 Å². The lowest BCUT2D eigenvalue weighted by atomic mass is 10.3. The first-order chi connectivity index (χ1) is 8.16. The van der Waals surface area contributed by atoms with Crippen molar-refractivity contribution >= 4 is 21.7 Å². The number of nitrogens with one attached hydrogen (secondary N) is 1. The van der Waals surface area contributed by atoms with Crippen molar-refractivity contribution in [1.29, 1.82) is 0 Å². The number of halogens is 1. The molecular formula is C12H15BrN4. The van der Waals surface area contributed by atoms with Gasteiger partial charge in [-0.05, 0) is 47.5 Å². The number of anilines is 1. The Bertz CT molecular complexity index is 481. The van der Waals surface area contributed by atoms with Crippen LogP contribution >= 0.6 is 15.9 Å². The predicted molar refractivity (Wildman–Crippen MR) is 72.0 cm³/mol. The van der Waals surface area contributed by atoms with Gasteiger partial charge in [0.2, 0.25) is 0 Å². The summed E-state index contributed by atoms with van der Waals surface area (Å²) in [6.07, 6.45) is 5.55. The predicted octanol–water partition coefficient (Wildman–Crippen LogP) is 2.85. The molecule has 0 bridgehead atoms. The fourth-order valence-electron chi connectivity index (χ4n) is 1.61. The van der Waals surface area contributed by atoms with Crippen LogP contribution in [0.2, 0.25) is 0 Å². The average Bonchev–Trinajstić information content (AvgIpc) is 2.77. The van der Waals surface area contributed by atoms with E-state index in [0.29, 0.717) is 0 Å². The number of pyridine rings is 1. The first-order valence-electron chi connectivity index (χ1n) is 5.52. The molecule has 1 N–H and O–H groups in total. The van der Waals surface area contributed by atoms with Crippen LogP contribution in [0.15, 0.2) is 35.2 Å². The molecule has 17 heavy (non-hydrogen) atoms. The van der Waals surface area contributed by atoms with Crippen LogP contribution in [0, 0.1) is 6.92 Å². The second-order valence-electron chi connectivity index (χ2n) is 4.06. The van der Waals surface area contributed by atoms with E-state index in [1.54, 1.807) is 6.20 Å². The standard InChI is InChI=1S/C12H15BrN4/c1-9-4-6-14-12(11(9)13)16-10(2)8-17-7-3-5-15-17/h3-7,10H,8H2,1-2H3,(H,14,16). The Morgan fingerprint density at radius 2 is 2.29 bits per heavy atom. The maximum absolute atomic E-state index is 4.32. The summed E-state index contributed by atoms with van der Waals surface area (Å²) in [7, 11) is 0. The van der Waals surface area contributed by atoms with Crippen LogP contribution < -0.4 is 5.32 Å². The van der Waals surface area contributed by atoms with Crippen molar-refractivity contribution in [3.8, 4) is 0 Å². The van der Waals surface area contributed by atoms with Gasteiger partial charge in [0.1, 0.15) is 5.82 Å². The molecule has 0 saturated heterocycles. The van der Waals surface area contributed by atoms with Crippen molar-refractivity contribution in [2.75, 3.05) is 5.32 Å². The summed E-state index contributed by atoms with van der Waals surface area (Å²) in [6, 6.07) is 4.17. The van der Waals surface area contributed by atoms with Crippen molar-refractivity contribution in [3.63, 3.8) is 0 Å². The first-order valence-corrected chi connectivity index (χ1v) is 6.31. The third kappa shape index (κ3) is 3.06. The highest BCUT2D eigenvalue weighted by molar-refractivity contribution is 9.10. The second-order valence-corrected chi connectivity index (χ2v) is 4.86. The van der Waals surface area contributed by atoms with E-state index in [2.05, 4.69) is 45.2 Å². The zero-order valence-electron chi connectivity index (χ0n) is 9.89. The van der Waals surface area contributed by atoms with Gasteiger partial charge in [0.15, 0.2) is 0 Å². The van der Waals surface area contributed by atoms with Gasteiger partial charge >= 0.3 is 0 Å². The fourth-order valence-corrected chi connectivity index (χ4v) is 1.96. The van der Waals surface area contributed by atoms with E-state index in [1.165, 1.54) is 5.56 Å². The van der Waals surface area contributed by atoms with Crippen LogP contribution in [-0.4, -0.2) is 20.8 Å². The molecule has 2 heterocycles. The molecule has 2 rings (SSSR count). The van der Waals surface area contributed by atoms with Crippen LogP contribution in [-0.2, 0) is 6.54 Å². The molecule has 5 heteroatoms. The molecule has 0 amide bonds. The third-order valence-corrected chi connectivity index (χ3v) is 3.49. The van der Waals surface area contributed by atoms with Gasteiger partial charge in [0.25, 0.3) is 0 Å². The lowest BCUT2D eigenvalue weighted by molar-refractivity contribution is 0.559. The molecule has 0 aliphatic carbocycles. The number of hydrogen-bond donors (Lipinski definition) is 1. The third-order valence-electron chi connectivity index (χ3n) is 2.49. The van der Waals surface area contributed by atoms with Gasteiger partial charge in [-0.15, -0.1) is 0 Å². The SMILES string of the molecule is Cc1ccnc(NC(C)Cn2cccn2)c1Br.